The maximum Gasteiger partial charge on any atom is 0.239 e. The number of para-hydroxylation sites is 2. The van der Waals surface area contributed by atoms with Crippen LogP contribution in [0.4, 0.5) is 11.4 Å². The van der Waals surface area contributed by atoms with Crippen LogP contribution in [-0.2, 0) is 9.53 Å². The van der Waals surface area contributed by atoms with Crippen LogP contribution in [0.3, 0.4) is 0 Å². The van der Waals surface area contributed by atoms with Gasteiger partial charge in [0.05, 0.1) is 44.2 Å². The second kappa shape index (κ2) is 9.85. The zero-order chi connectivity index (χ0) is 21.6. The molecule has 2 aromatic carbocycles. The number of carbonyl (C=O) groups is 1. The third-order valence-electron chi connectivity index (χ3n) is 5.54. The van der Waals surface area contributed by atoms with Crippen molar-refractivity contribution in [2.24, 2.45) is 9.98 Å². The Kier molecular flexibility index (Phi) is 6.74. The minimum Gasteiger partial charge on any atom is -0.497 e. The number of ether oxygens (including phenoxy) is 2. The zero-order valence-electron chi connectivity index (χ0n) is 18.0. The van der Waals surface area contributed by atoms with Gasteiger partial charge in [0, 0.05) is 18.8 Å². The Morgan fingerprint density at radius 2 is 1.77 bits per heavy atom. The summed E-state index contributed by atoms with van der Waals surface area (Å²) in [6.45, 7) is 5.22. The first-order chi connectivity index (χ1) is 15.2. The predicted octanol–water partition coefficient (Wildman–Crippen LogP) is 3.45. The summed E-state index contributed by atoms with van der Waals surface area (Å²) in [6, 6.07) is 15.6. The molecule has 0 spiro atoms. The largest absolute Gasteiger partial charge is 0.497 e. The predicted molar refractivity (Wildman–Crippen MR) is 122 cm³/mol. The molecule has 1 N–H and O–H groups in total. The number of amidine groups is 1. The number of nitrogens with zero attached hydrogens (tertiary/aromatic N) is 3. The van der Waals surface area contributed by atoms with Gasteiger partial charge in [-0.15, -0.1) is 0 Å². The number of amides is 1. The third-order valence-corrected chi connectivity index (χ3v) is 5.54. The summed E-state index contributed by atoms with van der Waals surface area (Å²) in [7, 11) is 1.65. The van der Waals surface area contributed by atoms with Crippen molar-refractivity contribution in [3.05, 3.63) is 54.1 Å². The van der Waals surface area contributed by atoms with Crippen molar-refractivity contribution in [2.45, 2.75) is 19.3 Å². The SMILES string of the molecule is CCC1=Nc2ccccc2N=C(NC(=O)CN2CCOCC2)[C@@H]1c1ccc(OC)cc1. The van der Waals surface area contributed by atoms with Crippen LogP contribution in [0, 0.1) is 0 Å². The first-order valence-corrected chi connectivity index (χ1v) is 10.7. The second-order valence-corrected chi connectivity index (χ2v) is 7.59. The van der Waals surface area contributed by atoms with Crippen LogP contribution in [0.5, 0.6) is 5.75 Å². The molecule has 0 bridgehead atoms. The van der Waals surface area contributed by atoms with Crippen molar-refractivity contribution in [1.82, 2.24) is 10.2 Å². The number of benzene rings is 2. The van der Waals surface area contributed by atoms with Crippen LogP contribution in [0.1, 0.15) is 24.8 Å². The van der Waals surface area contributed by atoms with Gasteiger partial charge in [-0.3, -0.25) is 14.7 Å². The Bertz CT molecular complexity index is 979. The van der Waals surface area contributed by atoms with E-state index in [-0.39, 0.29) is 11.8 Å². The Morgan fingerprint density at radius 3 is 2.42 bits per heavy atom. The van der Waals surface area contributed by atoms with E-state index in [1.54, 1.807) is 7.11 Å². The van der Waals surface area contributed by atoms with Crippen molar-refractivity contribution >= 4 is 28.8 Å². The van der Waals surface area contributed by atoms with Gasteiger partial charge in [-0.05, 0) is 36.2 Å². The van der Waals surface area contributed by atoms with Crippen molar-refractivity contribution in [3.8, 4) is 5.75 Å². The highest BCUT2D eigenvalue weighted by molar-refractivity contribution is 6.18. The number of rotatable bonds is 5. The number of hydrogen-bond donors (Lipinski definition) is 1. The molecule has 2 aliphatic heterocycles. The van der Waals surface area contributed by atoms with Crippen molar-refractivity contribution in [1.29, 1.82) is 0 Å². The molecular weight excluding hydrogens is 392 g/mol. The van der Waals surface area contributed by atoms with Crippen molar-refractivity contribution in [3.63, 3.8) is 0 Å². The van der Waals surface area contributed by atoms with Crippen LogP contribution in [0.15, 0.2) is 58.5 Å². The van der Waals surface area contributed by atoms with Crippen LogP contribution < -0.4 is 10.1 Å². The molecule has 4 rings (SSSR count). The molecule has 0 saturated carbocycles. The Labute approximate surface area is 182 Å². The number of morpholine rings is 1. The summed E-state index contributed by atoms with van der Waals surface area (Å²) >= 11 is 0. The minimum atomic E-state index is -0.239. The molecule has 0 radical (unpaired) electrons. The molecule has 2 aromatic rings. The Balaban J connectivity index is 1.68. The van der Waals surface area contributed by atoms with E-state index in [1.165, 1.54) is 0 Å². The molecule has 31 heavy (non-hydrogen) atoms. The minimum absolute atomic E-state index is 0.0750. The summed E-state index contributed by atoms with van der Waals surface area (Å²) < 4.78 is 10.7. The highest BCUT2D eigenvalue weighted by atomic mass is 16.5. The van der Waals surface area contributed by atoms with Crippen LogP contribution >= 0.6 is 0 Å². The number of nitrogens with one attached hydrogen (secondary N) is 1. The van der Waals surface area contributed by atoms with E-state index in [1.807, 2.05) is 48.5 Å². The van der Waals surface area contributed by atoms with Gasteiger partial charge < -0.3 is 14.8 Å². The van der Waals surface area contributed by atoms with Gasteiger partial charge in [0.2, 0.25) is 5.91 Å². The average molecular weight is 421 g/mol. The molecule has 0 aliphatic carbocycles. The molecule has 2 heterocycles. The maximum absolute atomic E-state index is 12.9. The maximum atomic E-state index is 12.9. The number of hydrogen-bond acceptors (Lipinski definition) is 6. The molecule has 0 aromatic heterocycles. The van der Waals surface area contributed by atoms with Gasteiger partial charge in [-0.25, -0.2) is 4.99 Å². The normalized spacial score (nSPS) is 19.0. The quantitative estimate of drug-likeness (QED) is 0.804. The lowest BCUT2D eigenvalue weighted by Gasteiger charge is -2.27. The lowest BCUT2D eigenvalue weighted by atomic mass is 9.91. The summed E-state index contributed by atoms with van der Waals surface area (Å²) in [4.78, 5) is 24.8. The van der Waals surface area contributed by atoms with E-state index in [0.29, 0.717) is 25.6 Å². The van der Waals surface area contributed by atoms with E-state index in [0.717, 1.165) is 47.9 Å². The van der Waals surface area contributed by atoms with Gasteiger partial charge in [0.25, 0.3) is 0 Å². The number of methoxy groups -OCH3 is 1. The lowest BCUT2D eigenvalue weighted by Crippen LogP contribution is -2.46. The molecule has 0 unspecified atom stereocenters. The van der Waals surface area contributed by atoms with E-state index >= 15 is 0 Å². The van der Waals surface area contributed by atoms with E-state index in [4.69, 9.17) is 19.5 Å². The van der Waals surface area contributed by atoms with E-state index in [9.17, 15) is 4.79 Å². The summed E-state index contributed by atoms with van der Waals surface area (Å²) in [5, 5.41) is 3.11. The van der Waals surface area contributed by atoms with Gasteiger partial charge in [0.1, 0.15) is 11.6 Å². The van der Waals surface area contributed by atoms with E-state index in [2.05, 4.69) is 17.1 Å². The molecule has 162 valence electrons. The fraction of sp³-hybridized carbons (Fsp3) is 0.375. The highest BCUT2D eigenvalue weighted by Crippen LogP contribution is 2.35. The van der Waals surface area contributed by atoms with Gasteiger partial charge in [0.15, 0.2) is 0 Å². The molecular formula is C24H28N4O3. The Hall–Kier alpha value is -3.03. The zero-order valence-corrected chi connectivity index (χ0v) is 18.0. The first kappa shape index (κ1) is 21.2. The Morgan fingerprint density at radius 1 is 1.10 bits per heavy atom. The third kappa shape index (κ3) is 5.00. The van der Waals surface area contributed by atoms with Gasteiger partial charge >= 0.3 is 0 Å². The van der Waals surface area contributed by atoms with E-state index < -0.39 is 0 Å². The van der Waals surface area contributed by atoms with Crippen LogP contribution in [-0.4, -0.2) is 62.3 Å². The molecule has 1 amide bonds. The van der Waals surface area contributed by atoms with Gasteiger partial charge in [-0.2, -0.15) is 0 Å². The summed E-state index contributed by atoms with van der Waals surface area (Å²) in [6.07, 6.45) is 0.739. The topological polar surface area (TPSA) is 75.5 Å². The first-order valence-electron chi connectivity index (χ1n) is 10.7. The van der Waals surface area contributed by atoms with Crippen molar-refractivity contribution in [2.75, 3.05) is 40.0 Å². The molecule has 1 fully saturated rings. The number of carbonyl (C=O) groups excluding carboxylic acids is 1. The molecule has 1 atom stereocenters. The average Bonchev–Trinajstić information content (AvgIpc) is 2.96. The van der Waals surface area contributed by atoms with Crippen LogP contribution in [0.25, 0.3) is 0 Å². The van der Waals surface area contributed by atoms with Gasteiger partial charge in [-0.1, -0.05) is 31.2 Å². The fourth-order valence-corrected chi connectivity index (χ4v) is 3.90. The highest BCUT2D eigenvalue weighted by Gasteiger charge is 2.28. The fourth-order valence-electron chi connectivity index (χ4n) is 3.90. The standard InChI is InChI=1S/C24H28N4O3/c1-3-19-23(17-8-10-18(30-2)11-9-17)24(26-21-7-5-4-6-20(21)25-19)27-22(29)16-28-12-14-31-15-13-28/h4-11,23H,3,12-16H2,1-2H3,(H,26,27,29)/t23-/m1/s1. The molecule has 2 aliphatic rings. The lowest BCUT2D eigenvalue weighted by molar-refractivity contribution is -0.121. The number of fused-ring (bicyclic) bond motifs is 1. The summed E-state index contributed by atoms with van der Waals surface area (Å²) in [5.41, 5.74) is 3.54. The molecule has 7 nitrogen and oxygen atoms in total. The van der Waals surface area contributed by atoms with Crippen LogP contribution in [0.2, 0.25) is 0 Å². The second-order valence-electron chi connectivity index (χ2n) is 7.59. The monoisotopic (exact) mass is 420 g/mol. The molecule has 1 saturated heterocycles. The van der Waals surface area contributed by atoms with Crippen molar-refractivity contribution < 1.29 is 14.3 Å². The summed E-state index contributed by atoms with van der Waals surface area (Å²) in [5.74, 6) is 1.07. The number of aliphatic imine (C=N–C) groups is 2. The smallest absolute Gasteiger partial charge is 0.239 e. The molecule has 7 heteroatoms.